The summed E-state index contributed by atoms with van der Waals surface area (Å²) in [4.78, 5) is 0. The molecule has 1 fully saturated rings. The minimum atomic E-state index is 0.391. The summed E-state index contributed by atoms with van der Waals surface area (Å²) in [6.45, 7) is 7.83. The Hall–Kier alpha value is 0.310. The molecular weight excluding hydrogens is 190 g/mol. The van der Waals surface area contributed by atoms with Crippen molar-refractivity contribution in [1.29, 1.82) is 0 Å². The van der Waals surface area contributed by atoms with Crippen LogP contribution in [0.4, 0.5) is 0 Å². The molecule has 0 aromatic rings. The number of thioether (sulfide) groups is 1. The first kappa shape index (κ1) is 12.4. The van der Waals surface area contributed by atoms with Crippen molar-refractivity contribution in [2.75, 3.05) is 6.54 Å². The summed E-state index contributed by atoms with van der Waals surface area (Å²) in [6, 6.07) is 0. The van der Waals surface area contributed by atoms with Crippen LogP contribution in [0.2, 0.25) is 0 Å². The zero-order valence-corrected chi connectivity index (χ0v) is 10.7. The molecule has 2 heteroatoms. The molecule has 1 nitrogen and oxygen atoms in total. The summed E-state index contributed by atoms with van der Waals surface area (Å²) < 4.78 is 0.391. The second kappa shape index (κ2) is 5.41. The Balaban J connectivity index is 2.52. The van der Waals surface area contributed by atoms with E-state index in [1.807, 2.05) is 0 Å². The highest BCUT2D eigenvalue weighted by atomic mass is 32.2. The zero-order chi connectivity index (χ0) is 10.6. The van der Waals surface area contributed by atoms with Gasteiger partial charge in [-0.25, -0.2) is 0 Å². The Labute approximate surface area is 93.2 Å². The van der Waals surface area contributed by atoms with Crippen molar-refractivity contribution < 1.29 is 0 Å². The van der Waals surface area contributed by atoms with E-state index >= 15 is 0 Å². The van der Waals surface area contributed by atoms with E-state index in [1.165, 1.54) is 32.1 Å². The number of nitrogens with two attached hydrogens (primary N) is 1. The molecule has 0 radical (unpaired) electrons. The van der Waals surface area contributed by atoms with Crippen molar-refractivity contribution in [2.45, 2.75) is 62.9 Å². The van der Waals surface area contributed by atoms with Gasteiger partial charge >= 0.3 is 0 Å². The van der Waals surface area contributed by atoms with Crippen LogP contribution in [-0.2, 0) is 0 Å². The first-order chi connectivity index (χ1) is 6.53. The van der Waals surface area contributed by atoms with Crippen molar-refractivity contribution in [3.8, 4) is 0 Å². The van der Waals surface area contributed by atoms with Crippen molar-refractivity contribution in [3.63, 3.8) is 0 Å². The molecule has 0 saturated heterocycles. The topological polar surface area (TPSA) is 26.0 Å². The van der Waals surface area contributed by atoms with Crippen LogP contribution in [0.1, 0.15) is 52.9 Å². The van der Waals surface area contributed by atoms with Gasteiger partial charge in [0.25, 0.3) is 0 Å². The maximum absolute atomic E-state index is 5.87. The second-order valence-electron chi connectivity index (χ2n) is 5.40. The fraction of sp³-hybridized carbons (Fsp3) is 1.00. The van der Waals surface area contributed by atoms with Gasteiger partial charge in [-0.3, -0.25) is 0 Å². The summed E-state index contributed by atoms with van der Waals surface area (Å²) in [5.74, 6) is 0.765. The molecule has 0 bridgehead atoms. The van der Waals surface area contributed by atoms with Crippen LogP contribution in [0.15, 0.2) is 0 Å². The van der Waals surface area contributed by atoms with Crippen LogP contribution in [0.3, 0.4) is 0 Å². The Morgan fingerprint density at radius 2 is 1.79 bits per heavy atom. The molecule has 0 aromatic carbocycles. The quantitative estimate of drug-likeness (QED) is 0.714. The van der Waals surface area contributed by atoms with E-state index in [2.05, 4.69) is 32.5 Å². The van der Waals surface area contributed by atoms with Gasteiger partial charge in [-0.15, -0.1) is 0 Å². The largest absolute Gasteiger partial charge is 0.330 e. The van der Waals surface area contributed by atoms with Gasteiger partial charge in [0.2, 0.25) is 0 Å². The molecule has 1 aliphatic rings. The second-order valence-corrected chi connectivity index (χ2v) is 7.47. The molecule has 1 saturated carbocycles. The van der Waals surface area contributed by atoms with E-state index in [-0.39, 0.29) is 0 Å². The fourth-order valence-electron chi connectivity index (χ4n) is 2.23. The lowest BCUT2D eigenvalue weighted by Gasteiger charge is -2.30. The van der Waals surface area contributed by atoms with Gasteiger partial charge in [-0.2, -0.15) is 11.8 Å². The molecule has 0 aliphatic heterocycles. The molecule has 2 unspecified atom stereocenters. The Morgan fingerprint density at radius 1 is 1.14 bits per heavy atom. The molecule has 0 amide bonds. The Morgan fingerprint density at radius 3 is 2.36 bits per heavy atom. The minimum absolute atomic E-state index is 0.391. The molecular formula is C12H25NS. The lowest BCUT2D eigenvalue weighted by atomic mass is 10.0. The maximum Gasteiger partial charge on any atom is 0.00926 e. The van der Waals surface area contributed by atoms with Gasteiger partial charge in [0.15, 0.2) is 0 Å². The van der Waals surface area contributed by atoms with E-state index in [0.717, 1.165) is 17.7 Å². The van der Waals surface area contributed by atoms with E-state index in [9.17, 15) is 0 Å². The van der Waals surface area contributed by atoms with E-state index in [1.54, 1.807) is 0 Å². The molecule has 0 heterocycles. The molecule has 2 N–H and O–H groups in total. The summed E-state index contributed by atoms with van der Waals surface area (Å²) in [5, 5.41) is 0.808. The van der Waals surface area contributed by atoms with Crippen LogP contribution >= 0.6 is 11.8 Å². The average Bonchev–Trinajstić information content (AvgIpc) is 2.27. The van der Waals surface area contributed by atoms with Crippen LogP contribution in [0.5, 0.6) is 0 Å². The normalized spacial score (nSPS) is 30.0. The van der Waals surface area contributed by atoms with E-state index in [4.69, 9.17) is 5.73 Å². The highest BCUT2D eigenvalue weighted by Crippen LogP contribution is 2.38. The first-order valence-corrected chi connectivity index (χ1v) is 6.79. The van der Waals surface area contributed by atoms with Crippen molar-refractivity contribution in [1.82, 2.24) is 0 Å². The molecule has 0 spiro atoms. The third kappa shape index (κ3) is 4.22. The van der Waals surface area contributed by atoms with Crippen molar-refractivity contribution in [3.05, 3.63) is 0 Å². The SMILES string of the molecule is CC(C)(C)SC1CCCCCC1CN. The number of hydrogen-bond acceptors (Lipinski definition) is 2. The number of rotatable bonds is 2. The smallest absolute Gasteiger partial charge is 0.00926 e. The molecule has 1 aliphatic carbocycles. The molecule has 84 valence electrons. The fourth-order valence-corrected chi connectivity index (χ4v) is 3.86. The minimum Gasteiger partial charge on any atom is -0.330 e. The molecule has 14 heavy (non-hydrogen) atoms. The van der Waals surface area contributed by atoms with Crippen LogP contribution < -0.4 is 5.73 Å². The highest BCUT2D eigenvalue weighted by Gasteiger charge is 2.27. The van der Waals surface area contributed by atoms with Gasteiger partial charge in [-0.05, 0) is 25.3 Å². The molecule has 2 atom stereocenters. The molecule has 1 rings (SSSR count). The third-order valence-corrected chi connectivity index (χ3v) is 4.53. The summed E-state index contributed by atoms with van der Waals surface area (Å²) >= 11 is 2.14. The number of hydrogen-bond donors (Lipinski definition) is 1. The van der Waals surface area contributed by atoms with Gasteiger partial charge in [0, 0.05) is 10.00 Å². The first-order valence-electron chi connectivity index (χ1n) is 5.91. The van der Waals surface area contributed by atoms with Gasteiger partial charge in [-0.1, -0.05) is 40.0 Å². The van der Waals surface area contributed by atoms with E-state index < -0.39 is 0 Å². The monoisotopic (exact) mass is 215 g/mol. The van der Waals surface area contributed by atoms with Gasteiger partial charge in [0.05, 0.1) is 0 Å². The summed E-state index contributed by atoms with van der Waals surface area (Å²) in [7, 11) is 0. The Kier molecular flexibility index (Phi) is 4.78. The molecule has 0 aromatic heterocycles. The summed E-state index contributed by atoms with van der Waals surface area (Å²) in [6.07, 6.45) is 6.94. The lowest BCUT2D eigenvalue weighted by Crippen LogP contribution is -2.28. The van der Waals surface area contributed by atoms with Gasteiger partial charge in [0.1, 0.15) is 0 Å². The predicted molar refractivity (Wildman–Crippen MR) is 66.8 cm³/mol. The summed E-state index contributed by atoms with van der Waals surface area (Å²) in [5.41, 5.74) is 5.87. The van der Waals surface area contributed by atoms with Gasteiger partial charge < -0.3 is 5.73 Å². The van der Waals surface area contributed by atoms with Crippen LogP contribution in [-0.4, -0.2) is 16.5 Å². The maximum atomic E-state index is 5.87. The third-order valence-electron chi connectivity index (χ3n) is 2.90. The van der Waals surface area contributed by atoms with Crippen LogP contribution in [0, 0.1) is 5.92 Å². The average molecular weight is 215 g/mol. The highest BCUT2D eigenvalue weighted by molar-refractivity contribution is 8.01. The lowest BCUT2D eigenvalue weighted by molar-refractivity contribution is 0.480. The van der Waals surface area contributed by atoms with Crippen molar-refractivity contribution >= 4 is 11.8 Å². The standard InChI is InChI=1S/C12H25NS/c1-12(2,3)14-11-8-6-4-5-7-10(11)9-13/h10-11H,4-9,13H2,1-3H3. The van der Waals surface area contributed by atoms with Crippen LogP contribution in [0.25, 0.3) is 0 Å². The Bertz CT molecular complexity index is 162. The predicted octanol–water partition coefficient (Wildman–Crippen LogP) is 3.43. The zero-order valence-electron chi connectivity index (χ0n) is 9.88. The van der Waals surface area contributed by atoms with E-state index in [0.29, 0.717) is 4.75 Å². The van der Waals surface area contributed by atoms with Crippen molar-refractivity contribution in [2.24, 2.45) is 11.7 Å².